The van der Waals surface area contributed by atoms with E-state index in [0.29, 0.717) is 22.2 Å². The maximum atomic E-state index is 12.9. The summed E-state index contributed by atoms with van der Waals surface area (Å²) in [5.74, 6) is 0.569. The fourth-order valence-electron chi connectivity index (χ4n) is 2.87. The lowest BCUT2D eigenvalue weighted by Crippen LogP contribution is -2.12. The molecule has 0 unspecified atom stereocenters. The third kappa shape index (κ3) is 4.03. The highest BCUT2D eigenvalue weighted by Gasteiger charge is 2.22. The van der Waals surface area contributed by atoms with Crippen molar-refractivity contribution in [2.45, 2.75) is 4.90 Å². The zero-order valence-corrected chi connectivity index (χ0v) is 17.5. The van der Waals surface area contributed by atoms with Gasteiger partial charge >= 0.3 is 10.1 Å². The maximum absolute atomic E-state index is 12.9. The first-order valence-electron chi connectivity index (χ1n) is 8.97. The van der Waals surface area contributed by atoms with Crippen LogP contribution in [-0.2, 0) is 10.1 Å². The first-order chi connectivity index (χ1) is 14.5. The molecule has 3 aromatic carbocycles. The highest BCUT2D eigenvalue weighted by Crippen LogP contribution is 2.31. The molecule has 1 aromatic heterocycles. The Morgan fingerprint density at radius 3 is 2.23 bits per heavy atom. The van der Waals surface area contributed by atoms with Gasteiger partial charge in [0.1, 0.15) is 10.6 Å². The van der Waals surface area contributed by atoms with E-state index >= 15 is 0 Å². The molecule has 4 aromatic rings. The summed E-state index contributed by atoms with van der Waals surface area (Å²) >= 11 is 6.33. The number of rotatable bonds is 6. The molecule has 4 rings (SSSR count). The molecule has 0 amide bonds. The van der Waals surface area contributed by atoms with Crippen LogP contribution in [0.2, 0.25) is 5.02 Å². The third-order valence-electron chi connectivity index (χ3n) is 4.37. The molecule has 0 fully saturated rings. The largest absolute Gasteiger partial charge is 0.497 e. The monoisotopic (exact) mass is 440 g/mol. The van der Waals surface area contributed by atoms with Crippen LogP contribution in [-0.4, -0.2) is 25.3 Å². The molecule has 8 heteroatoms. The molecule has 0 aliphatic carbocycles. The Kier molecular flexibility index (Phi) is 5.48. The second-order valence-electron chi connectivity index (χ2n) is 6.31. The number of aromatic nitrogens is 2. The number of para-hydroxylation sites is 1. The van der Waals surface area contributed by atoms with Gasteiger partial charge in [-0.25, -0.2) is 0 Å². The van der Waals surface area contributed by atoms with E-state index in [1.54, 1.807) is 42.5 Å². The molecular weight excluding hydrogens is 424 g/mol. The van der Waals surface area contributed by atoms with Gasteiger partial charge in [-0.1, -0.05) is 54.1 Å². The summed E-state index contributed by atoms with van der Waals surface area (Å²) in [5, 5.41) is 4.95. The van der Waals surface area contributed by atoms with Gasteiger partial charge in [-0.2, -0.15) is 18.2 Å². The van der Waals surface area contributed by atoms with Crippen molar-refractivity contribution in [3.63, 3.8) is 0 Å². The lowest BCUT2D eigenvalue weighted by atomic mass is 10.2. The number of halogens is 1. The molecule has 30 heavy (non-hydrogen) atoms. The summed E-state index contributed by atoms with van der Waals surface area (Å²) in [5.41, 5.74) is 1.87. The van der Waals surface area contributed by atoms with E-state index in [1.165, 1.54) is 23.9 Å². The van der Waals surface area contributed by atoms with Crippen LogP contribution in [0, 0.1) is 0 Å². The SMILES string of the molecule is COc1ccc(S(=O)(=O)Oc2cc(-c3ccccc3)nn2-c2ccccc2Cl)cc1. The number of hydrogen-bond acceptors (Lipinski definition) is 5. The van der Waals surface area contributed by atoms with Crippen LogP contribution in [0.3, 0.4) is 0 Å². The van der Waals surface area contributed by atoms with E-state index in [2.05, 4.69) is 5.10 Å². The molecule has 1 heterocycles. The average molecular weight is 441 g/mol. The lowest BCUT2D eigenvalue weighted by molar-refractivity contribution is 0.414. The molecule has 0 saturated heterocycles. The van der Waals surface area contributed by atoms with Gasteiger partial charge in [0.05, 0.1) is 23.5 Å². The lowest BCUT2D eigenvalue weighted by Gasteiger charge is -2.10. The van der Waals surface area contributed by atoms with Crippen LogP contribution < -0.4 is 8.92 Å². The molecule has 0 saturated carbocycles. The molecule has 6 nitrogen and oxygen atoms in total. The molecule has 0 atom stereocenters. The summed E-state index contributed by atoms with van der Waals surface area (Å²) < 4.78 is 37.7. The molecule has 0 spiro atoms. The third-order valence-corrected chi connectivity index (χ3v) is 5.93. The van der Waals surface area contributed by atoms with E-state index in [-0.39, 0.29) is 10.8 Å². The van der Waals surface area contributed by atoms with Crippen molar-refractivity contribution >= 4 is 21.7 Å². The fourth-order valence-corrected chi connectivity index (χ4v) is 4.00. The van der Waals surface area contributed by atoms with Crippen molar-refractivity contribution in [3.05, 3.63) is 90.0 Å². The van der Waals surface area contributed by atoms with E-state index in [1.807, 2.05) is 30.3 Å². The van der Waals surface area contributed by atoms with Crippen LogP contribution in [0.15, 0.2) is 89.8 Å². The summed E-state index contributed by atoms with van der Waals surface area (Å²) in [4.78, 5) is -0.00327. The Hall–Kier alpha value is -3.29. The van der Waals surface area contributed by atoms with Crippen LogP contribution in [0.4, 0.5) is 0 Å². The smallest absolute Gasteiger partial charge is 0.340 e. The van der Waals surface area contributed by atoms with Gasteiger partial charge in [-0.3, -0.25) is 0 Å². The van der Waals surface area contributed by atoms with Gasteiger partial charge in [0.25, 0.3) is 0 Å². The van der Waals surface area contributed by atoms with E-state index in [4.69, 9.17) is 20.5 Å². The van der Waals surface area contributed by atoms with Gasteiger partial charge in [0, 0.05) is 11.6 Å². The first-order valence-corrected chi connectivity index (χ1v) is 10.8. The zero-order valence-electron chi connectivity index (χ0n) is 15.9. The molecule has 0 bridgehead atoms. The standard InChI is InChI=1S/C22H17ClN2O4S/c1-28-17-11-13-18(14-12-17)30(26,27)29-22-15-20(16-7-3-2-4-8-16)24-25(22)21-10-6-5-9-19(21)23/h2-15H,1H3. The Labute approximate surface area is 179 Å². The Morgan fingerprint density at radius 1 is 0.900 bits per heavy atom. The highest BCUT2D eigenvalue weighted by atomic mass is 35.5. The minimum Gasteiger partial charge on any atom is -0.497 e. The molecule has 152 valence electrons. The Morgan fingerprint density at radius 2 is 1.57 bits per heavy atom. The number of ether oxygens (including phenoxy) is 1. The van der Waals surface area contributed by atoms with Crippen molar-refractivity contribution in [1.82, 2.24) is 9.78 Å². The van der Waals surface area contributed by atoms with Crippen LogP contribution in [0.5, 0.6) is 11.6 Å². The van der Waals surface area contributed by atoms with Crippen molar-refractivity contribution in [3.8, 4) is 28.6 Å². The molecule has 0 aliphatic rings. The van der Waals surface area contributed by atoms with Crippen molar-refractivity contribution in [2.24, 2.45) is 0 Å². The molecule has 0 radical (unpaired) electrons. The highest BCUT2D eigenvalue weighted by molar-refractivity contribution is 7.87. The number of benzene rings is 3. The predicted molar refractivity (Wildman–Crippen MR) is 115 cm³/mol. The Balaban J connectivity index is 1.79. The summed E-state index contributed by atoms with van der Waals surface area (Å²) in [6.45, 7) is 0. The minimum absolute atomic E-state index is 0.00327. The Bertz CT molecular complexity index is 1270. The van der Waals surface area contributed by atoms with E-state index in [9.17, 15) is 8.42 Å². The fraction of sp³-hybridized carbons (Fsp3) is 0.0455. The number of nitrogens with zero attached hydrogens (tertiary/aromatic N) is 2. The molecular formula is C22H17ClN2O4S. The predicted octanol–water partition coefficient (Wildman–Crippen LogP) is 4.97. The second-order valence-corrected chi connectivity index (χ2v) is 8.26. The molecule has 0 N–H and O–H groups in total. The van der Waals surface area contributed by atoms with Gasteiger partial charge in [0.15, 0.2) is 0 Å². The second kappa shape index (κ2) is 8.22. The van der Waals surface area contributed by atoms with Crippen LogP contribution in [0.25, 0.3) is 16.9 Å². The van der Waals surface area contributed by atoms with Gasteiger partial charge in [0.2, 0.25) is 5.88 Å². The normalized spacial score (nSPS) is 11.3. The van der Waals surface area contributed by atoms with E-state index in [0.717, 1.165) is 5.56 Å². The quantitative estimate of drug-likeness (QED) is 0.396. The molecule has 0 aliphatic heterocycles. The summed E-state index contributed by atoms with van der Waals surface area (Å²) in [7, 11) is -2.60. The first kappa shape index (κ1) is 20.0. The van der Waals surface area contributed by atoms with Crippen LogP contribution >= 0.6 is 11.6 Å². The minimum atomic E-state index is -4.11. The van der Waals surface area contributed by atoms with Crippen molar-refractivity contribution < 1.29 is 17.3 Å². The average Bonchev–Trinajstić information content (AvgIpc) is 3.17. The van der Waals surface area contributed by atoms with Gasteiger partial charge < -0.3 is 8.92 Å². The van der Waals surface area contributed by atoms with Gasteiger partial charge in [-0.05, 0) is 36.4 Å². The maximum Gasteiger partial charge on any atom is 0.340 e. The topological polar surface area (TPSA) is 70.4 Å². The van der Waals surface area contributed by atoms with Crippen molar-refractivity contribution in [1.29, 1.82) is 0 Å². The zero-order chi connectivity index (χ0) is 21.1. The van der Waals surface area contributed by atoms with Crippen molar-refractivity contribution in [2.75, 3.05) is 7.11 Å². The van der Waals surface area contributed by atoms with Crippen LogP contribution in [0.1, 0.15) is 0 Å². The summed E-state index contributed by atoms with van der Waals surface area (Å²) in [6.07, 6.45) is 0. The van der Waals surface area contributed by atoms with E-state index < -0.39 is 10.1 Å². The summed E-state index contributed by atoms with van der Waals surface area (Å²) in [6, 6.07) is 23.9. The van der Waals surface area contributed by atoms with Gasteiger partial charge in [-0.15, -0.1) is 0 Å². The number of methoxy groups -OCH3 is 1. The number of hydrogen-bond donors (Lipinski definition) is 0.